The van der Waals surface area contributed by atoms with Crippen LogP contribution < -0.4 is 0 Å². The molecule has 0 aliphatic heterocycles. The van der Waals surface area contributed by atoms with Crippen LogP contribution in [0.4, 0.5) is 0 Å². The van der Waals surface area contributed by atoms with E-state index in [0.717, 1.165) is 0 Å². The van der Waals surface area contributed by atoms with E-state index in [-0.39, 0.29) is 0 Å². The molecule has 0 amide bonds. The van der Waals surface area contributed by atoms with Crippen LogP contribution in [0.1, 0.15) is 43.2 Å². The SMILES string of the molecule is BrC1=Cc2ccccc2C12CCCCC2. The van der Waals surface area contributed by atoms with Gasteiger partial charge in [0, 0.05) is 9.90 Å². The van der Waals surface area contributed by atoms with Crippen molar-refractivity contribution in [2.75, 3.05) is 0 Å². The predicted octanol–water partition coefficient (Wildman–Crippen LogP) is 4.64. The second kappa shape index (κ2) is 3.48. The number of allylic oxidation sites excluding steroid dienone is 1. The summed E-state index contributed by atoms with van der Waals surface area (Å²) >= 11 is 3.80. The number of halogens is 1. The van der Waals surface area contributed by atoms with Crippen LogP contribution in [0.3, 0.4) is 0 Å². The Hall–Kier alpha value is -0.560. The largest absolute Gasteiger partial charge is 0.0619 e. The molecule has 0 bridgehead atoms. The summed E-state index contributed by atoms with van der Waals surface area (Å²) in [6.07, 6.45) is 9.11. The molecule has 0 aromatic heterocycles. The first-order valence-electron chi connectivity index (χ1n) is 5.80. The highest BCUT2D eigenvalue weighted by atomic mass is 79.9. The summed E-state index contributed by atoms with van der Waals surface area (Å²) < 4.78 is 1.41. The molecule has 2 aliphatic rings. The molecule has 2 aliphatic carbocycles. The van der Waals surface area contributed by atoms with Gasteiger partial charge in [-0.25, -0.2) is 0 Å². The van der Waals surface area contributed by atoms with E-state index < -0.39 is 0 Å². The third-order valence-corrected chi connectivity index (χ3v) is 4.91. The molecule has 0 atom stereocenters. The van der Waals surface area contributed by atoms with Crippen LogP contribution in [0.25, 0.3) is 6.08 Å². The zero-order chi connectivity index (χ0) is 10.3. The first-order chi connectivity index (χ1) is 7.33. The Labute approximate surface area is 99.5 Å². The third-order valence-electron chi connectivity index (χ3n) is 3.92. The van der Waals surface area contributed by atoms with Gasteiger partial charge in [-0.15, -0.1) is 0 Å². The lowest BCUT2D eigenvalue weighted by molar-refractivity contribution is 0.358. The Kier molecular flexibility index (Phi) is 2.24. The quantitative estimate of drug-likeness (QED) is 0.639. The molecule has 1 aromatic rings. The minimum absolute atomic E-state index is 0.342. The van der Waals surface area contributed by atoms with Gasteiger partial charge >= 0.3 is 0 Å². The van der Waals surface area contributed by atoms with E-state index in [1.54, 1.807) is 5.56 Å². The molecule has 1 aromatic carbocycles. The standard InChI is InChI=1S/C14H15Br/c15-13-10-11-6-2-3-7-12(11)14(13)8-4-1-5-9-14/h2-3,6-7,10H,1,4-5,8-9H2. The fourth-order valence-corrected chi connectivity index (χ4v) is 3.98. The highest BCUT2D eigenvalue weighted by Gasteiger charge is 2.40. The second-order valence-electron chi connectivity index (χ2n) is 4.72. The number of benzene rings is 1. The lowest BCUT2D eigenvalue weighted by Crippen LogP contribution is -2.27. The Morgan fingerprint density at radius 2 is 1.73 bits per heavy atom. The van der Waals surface area contributed by atoms with Crippen molar-refractivity contribution in [2.45, 2.75) is 37.5 Å². The van der Waals surface area contributed by atoms with Gasteiger partial charge in [0.2, 0.25) is 0 Å². The average molecular weight is 263 g/mol. The molecule has 0 unspecified atom stereocenters. The van der Waals surface area contributed by atoms with E-state index >= 15 is 0 Å². The average Bonchev–Trinajstić information content (AvgIpc) is 2.55. The van der Waals surface area contributed by atoms with Crippen LogP contribution >= 0.6 is 15.9 Å². The van der Waals surface area contributed by atoms with Crippen molar-refractivity contribution in [1.29, 1.82) is 0 Å². The minimum Gasteiger partial charge on any atom is -0.0619 e. The lowest BCUT2D eigenvalue weighted by Gasteiger charge is -2.35. The van der Waals surface area contributed by atoms with Gasteiger partial charge in [-0.3, -0.25) is 0 Å². The molecule has 1 fully saturated rings. The number of hydrogen-bond donors (Lipinski definition) is 0. The van der Waals surface area contributed by atoms with Crippen molar-refractivity contribution in [2.24, 2.45) is 0 Å². The van der Waals surface area contributed by atoms with E-state index in [1.165, 1.54) is 42.1 Å². The molecule has 0 saturated heterocycles. The molecule has 3 rings (SSSR count). The Bertz CT molecular complexity index is 411. The van der Waals surface area contributed by atoms with Gasteiger partial charge in [0.15, 0.2) is 0 Å². The molecule has 0 radical (unpaired) electrons. The molecule has 15 heavy (non-hydrogen) atoms. The molecule has 0 heterocycles. The maximum Gasteiger partial charge on any atom is 0.0275 e. The van der Waals surface area contributed by atoms with Gasteiger partial charge in [0.05, 0.1) is 0 Å². The van der Waals surface area contributed by atoms with Gasteiger partial charge in [-0.05, 0) is 30.0 Å². The van der Waals surface area contributed by atoms with Gasteiger partial charge in [-0.2, -0.15) is 0 Å². The first-order valence-corrected chi connectivity index (χ1v) is 6.59. The van der Waals surface area contributed by atoms with Gasteiger partial charge < -0.3 is 0 Å². The highest BCUT2D eigenvalue weighted by molar-refractivity contribution is 9.11. The molecule has 0 nitrogen and oxygen atoms in total. The zero-order valence-corrected chi connectivity index (χ0v) is 10.4. The first kappa shape index (κ1) is 9.65. The van der Waals surface area contributed by atoms with E-state index in [1.807, 2.05) is 0 Å². The Morgan fingerprint density at radius 1 is 1.00 bits per heavy atom. The smallest absolute Gasteiger partial charge is 0.0275 e. The van der Waals surface area contributed by atoms with Crippen molar-refractivity contribution in [3.05, 3.63) is 39.9 Å². The maximum absolute atomic E-state index is 3.80. The van der Waals surface area contributed by atoms with Gasteiger partial charge in [0.25, 0.3) is 0 Å². The van der Waals surface area contributed by atoms with Crippen LogP contribution in [-0.2, 0) is 5.41 Å². The predicted molar refractivity (Wildman–Crippen MR) is 68.1 cm³/mol. The van der Waals surface area contributed by atoms with Crippen molar-refractivity contribution in [3.63, 3.8) is 0 Å². The van der Waals surface area contributed by atoms with Crippen molar-refractivity contribution >= 4 is 22.0 Å². The molecule has 1 heteroatoms. The Morgan fingerprint density at radius 3 is 2.53 bits per heavy atom. The van der Waals surface area contributed by atoms with Crippen LogP contribution in [-0.4, -0.2) is 0 Å². The third kappa shape index (κ3) is 1.32. The van der Waals surface area contributed by atoms with Crippen molar-refractivity contribution in [3.8, 4) is 0 Å². The molecular formula is C14H15Br. The number of fused-ring (bicyclic) bond motifs is 2. The monoisotopic (exact) mass is 262 g/mol. The van der Waals surface area contributed by atoms with Crippen LogP contribution in [0.5, 0.6) is 0 Å². The zero-order valence-electron chi connectivity index (χ0n) is 8.80. The maximum atomic E-state index is 3.80. The summed E-state index contributed by atoms with van der Waals surface area (Å²) in [4.78, 5) is 0. The van der Waals surface area contributed by atoms with Gasteiger partial charge in [-0.1, -0.05) is 59.5 Å². The highest BCUT2D eigenvalue weighted by Crippen LogP contribution is 2.52. The van der Waals surface area contributed by atoms with E-state index in [0.29, 0.717) is 5.41 Å². The minimum atomic E-state index is 0.342. The molecule has 1 spiro atoms. The number of hydrogen-bond acceptors (Lipinski definition) is 0. The van der Waals surface area contributed by atoms with E-state index in [4.69, 9.17) is 0 Å². The molecule has 1 saturated carbocycles. The number of rotatable bonds is 0. The summed E-state index contributed by atoms with van der Waals surface area (Å²) in [5.41, 5.74) is 3.32. The summed E-state index contributed by atoms with van der Waals surface area (Å²) in [5.74, 6) is 0. The van der Waals surface area contributed by atoms with Crippen molar-refractivity contribution < 1.29 is 0 Å². The molecule has 0 N–H and O–H groups in total. The summed E-state index contributed by atoms with van der Waals surface area (Å²) in [6, 6.07) is 8.86. The van der Waals surface area contributed by atoms with Crippen LogP contribution in [0, 0.1) is 0 Å². The van der Waals surface area contributed by atoms with Gasteiger partial charge in [0.1, 0.15) is 0 Å². The normalized spacial score (nSPS) is 22.6. The lowest BCUT2D eigenvalue weighted by atomic mass is 9.71. The molecular weight excluding hydrogens is 248 g/mol. The summed E-state index contributed by atoms with van der Waals surface area (Å²) in [5, 5.41) is 0. The van der Waals surface area contributed by atoms with Crippen LogP contribution in [0.2, 0.25) is 0 Å². The fourth-order valence-electron chi connectivity index (χ4n) is 3.13. The second-order valence-corrected chi connectivity index (χ2v) is 5.58. The Balaban J connectivity index is 2.13. The van der Waals surface area contributed by atoms with Crippen LogP contribution in [0.15, 0.2) is 28.7 Å². The van der Waals surface area contributed by atoms with Crippen molar-refractivity contribution in [1.82, 2.24) is 0 Å². The summed E-state index contributed by atoms with van der Waals surface area (Å²) in [7, 11) is 0. The van der Waals surface area contributed by atoms with E-state index in [9.17, 15) is 0 Å². The fraction of sp³-hybridized carbons (Fsp3) is 0.429. The summed E-state index contributed by atoms with van der Waals surface area (Å²) in [6.45, 7) is 0. The topological polar surface area (TPSA) is 0 Å². The van der Waals surface area contributed by atoms with E-state index in [2.05, 4.69) is 46.3 Å². The molecule has 78 valence electrons.